The number of aliphatic hydroxyl groups is 1. The van der Waals surface area contributed by atoms with Gasteiger partial charge in [-0.1, -0.05) is 36.4 Å². The lowest BCUT2D eigenvalue weighted by Gasteiger charge is -2.19. The second-order valence-electron chi connectivity index (χ2n) is 4.60. The van der Waals surface area contributed by atoms with Crippen LogP contribution in [0.4, 0.5) is 4.39 Å². The van der Waals surface area contributed by atoms with Gasteiger partial charge >= 0.3 is 0 Å². The highest BCUT2D eigenvalue weighted by molar-refractivity contribution is 5.29. The summed E-state index contributed by atoms with van der Waals surface area (Å²) >= 11 is 0. The molecule has 2 N–H and O–H groups in total. The van der Waals surface area contributed by atoms with Gasteiger partial charge in [0.05, 0.1) is 12.6 Å². The fraction of sp³-hybridized carbons (Fsp3) is 0.250. The van der Waals surface area contributed by atoms with Crippen molar-refractivity contribution in [3.05, 3.63) is 71.0 Å². The highest BCUT2D eigenvalue weighted by Gasteiger charge is 2.12. The molecule has 0 aliphatic rings. The van der Waals surface area contributed by atoms with Crippen LogP contribution in [0.1, 0.15) is 22.7 Å². The normalized spacial score (nSPS) is 12.4. The van der Waals surface area contributed by atoms with Crippen LogP contribution < -0.4 is 5.32 Å². The monoisotopic (exact) mass is 259 g/mol. The van der Waals surface area contributed by atoms with E-state index in [4.69, 9.17) is 0 Å². The Bertz CT molecular complexity index is 528. The largest absolute Gasteiger partial charge is 0.394 e. The molecule has 1 unspecified atom stereocenters. The van der Waals surface area contributed by atoms with Crippen LogP contribution >= 0.6 is 0 Å². The van der Waals surface area contributed by atoms with E-state index in [1.54, 1.807) is 6.07 Å². The van der Waals surface area contributed by atoms with Gasteiger partial charge in [-0.05, 0) is 35.7 Å². The van der Waals surface area contributed by atoms with Crippen molar-refractivity contribution in [2.45, 2.75) is 19.5 Å². The summed E-state index contributed by atoms with van der Waals surface area (Å²) in [5, 5.41) is 12.8. The molecule has 0 spiro atoms. The highest BCUT2D eigenvalue weighted by Crippen LogP contribution is 2.19. The average molecular weight is 259 g/mol. The van der Waals surface area contributed by atoms with Crippen molar-refractivity contribution in [3.8, 4) is 0 Å². The van der Waals surface area contributed by atoms with Gasteiger partial charge in [0.2, 0.25) is 0 Å². The molecular formula is C16H18FNO. The lowest BCUT2D eigenvalue weighted by atomic mass is 10.0. The molecule has 1 atom stereocenters. The Kier molecular flexibility index (Phi) is 4.66. The summed E-state index contributed by atoms with van der Waals surface area (Å²) in [6, 6.07) is 14.4. The number of aryl methyl sites for hydroxylation is 1. The SMILES string of the molecule is Cc1cc(F)ccc1C(CO)NCc1ccccc1. The number of halogens is 1. The number of hydrogen-bond acceptors (Lipinski definition) is 2. The molecule has 2 nitrogen and oxygen atoms in total. The molecule has 2 aromatic carbocycles. The van der Waals surface area contributed by atoms with Gasteiger partial charge in [0.1, 0.15) is 5.82 Å². The Hall–Kier alpha value is -1.71. The van der Waals surface area contributed by atoms with Gasteiger partial charge in [0.25, 0.3) is 0 Å². The summed E-state index contributed by atoms with van der Waals surface area (Å²) in [7, 11) is 0. The van der Waals surface area contributed by atoms with Crippen molar-refractivity contribution in [2.75, 3.05) is 6.61 Å². The molecular weight excluding hydrogens is 241 g/mol. The van der Waals surface area contributed by atoms with Crippen LogP contribution in [0.15, 0.2) is 48.5 Å². The standard InChI is InChI=1S/C16H18FNO/c1-12-9-14(17)7-8-15(12)16(11-19)18-10-13-5-3-2-4-6-13/h2-9,16,18-19H,10-11H2,1H3. The minimum Gasteiger partial charge on any atom is -0.394 e. The van der Waals surface area contributed by atoms with Gasteiger partial charge in [-0.15, -0.1) is 0 Å². The maximum absolute atomic E-state index is 13.1. The highest BCUT2D eigenvalue weighted by atomic mass is 19.1. The molecule has 0 saturated heterocycles. The smallest absolute Gasteiger partial charge is 0.123 e. The fourth-order valence-corrected chi connectivity index (χ4v) is 2.14. The van der Waals surface area contributed by atoms with Crippen LogP contribution in [0, 0.1) is 12.7 Å². The average Bonchev–Trinajstić information content (AvgIpc) is 2.42. The van der Waals surface area contributed by atoms with E-state index in [0.29, 0.717) is 6.54 Å². The number of rotatable bonds is 5. The number of benzene rings is 2. The van der Waals surface area contributed by atoms with Crippen molar-refractivity contribution in [1.82, 2.24) is 5.32 Å². The molecule has 2 aromatic rings. The molecule has 0 aromatic heterocycles. The zero-order chi connectivity index (χ0) is 13.7. The van der Waals surface area contributed by atoms with Gasteiger partial charge in [0.15, 0.2) is 0 Å². The predicted octanol–water partition coefficient (Wildman–Crippen LogP) is 2.96. The van der Waals surface area contributed by atoms with Crippen LogP contribution in [0.3, 0.4) is 0 Å². The molecule has 0 saturated carbocycles. The molecule has 0 radical (unpaired) electrons. The van der Waals surface area contributed by atoms with Gasteiger partial charge in [-0.3, -0.25) is 0 Å². The maximum Gasteiger partial charge on any atom is 0.123 e. The topological polar surface area (TPSA) is 32.3 Å². The molecule has 0 aliphatic carbocycles. The first kappa shape index (κ1) is 13.7. The molecule has 0 bridgehead atoms. The van der Waals surface area contributed by atoms with Crippen molar-refractivity contribution in [2.24, 2.45) is 0 Å². The molecule has 0 aliphatic heterocycles. The van der Waals surface area contributed by atoms with Crippen LogP contribution in [0.5, 0.6) is 0 Å². The van der Waals surface area contributed by atoms with E-state index in [1.165, 1.54) is 12.1 Å². The summed E-state index contributed by atoms with van der Waals surface area (Å²) < 4.78 is 13.1. The third-order valence-corrected chi connectivity index (χ3v) is 3.19. The van der Waals surface area contributed by atoms with Crippen molar-refractivity contribution in [3.63, 3.8) is 0 Å². The van der Waals surface area contributed by atoms with Crippen molar-refractivity contribution >= 4 is 0 Å². The molecule has 100 valence electrons. The van der Waals surface area contributed by atoms with E-state index < -0.39 is 0 Å². The van der Waals surface area contributed by atoms with Crippen molar-refractivity contribution in [1.29, 1.82) is 0 Å². The predicted molar refractivity (Wildman–Crippen MR) is 74.2 cm³/mol. The summed E-state index contributed by atoms with van der Waals surface area (Å²) in [4.78, 5) is 0. The second kappa shape index (κ2) is 6.45. The van der Waals surface area contributed by atoms with E-state index in [2.05, 4.69) is 5.32 Å². The molecule has 2 rings (SSSR count). The van der Waals surface area contributed by atoms with E-state index in [-0.39, 0.29) is 18.5 Å². The minimum atomic E-state index is -0.249. The Morgan fingerprint density at radius 2 is 1.89 bits per heavy atom. The molecule has 0 fully saturated rings. The fourth-order valence-electron chi connectivity index (χ4n) is 2.14. The van der Waals surface area contributed by atoms with E-state index >= 15 is 0 Å². The van der Waals surface area contributed by atoms with Crippen LogP contribution in [0.2, 0.25) is 0 Å². The molecule has 0 amide bonds. The van der Waals surface area contributed by atoms with Gasteiger partial charge in [0, 0.05) is 6.54 Å². The van der Waals surface area contributed by atoms with E-state index in [0.717, 1.165) is 16.7 Å². The summed E-state index contributed by atoms with van der Waals surface area (Å²) in [5.74, 6) is -0.249. The number of nitrogens with one attached hydrogen (secondary N) is 1. The Morgan fingerprint density at radius 3 is 2.53 bits per heavy atom. The molecule has 0 heterocycles. The Labute approximate surface area is 112 Å². The summed E-state index contributed by atoms with van der Waals surface area (Å²) in [6.45, 7) is 2.51. The first-order valence-corrected chi connectivity index (χ1v) is 6.35. The van der Waals surface area contributed by atoms with Crippen LogP contribution in [0.25, 0.3) is 0 Å². The zero-order valence-corrected chi connectivity index (χ0v) is 10.9. The molecule has 3 heteroatoms. The number of hydrogen-bond donors (Lipinski definition) is 2. The lowest BCUT2D eigenvalue weighted by Crippen LogP contribution is -2.24. The number of aliphatic hydroxyl groups excluding tert-OH is 1. The third-order valence-electron chi connectivity index (χ3n) is 3.19. The third kappa shape index (κ3) is 3.63. The lowest BCUT2D eigenvalue weighted by molar-refractivity contribution is 0.243. The van der Waals surface area contributed by atoms with Crippen LogP contribution in [-0.2, 0) is 6.54 Å². The quantitative estimate of drug-likeness (QED) is 0.865. The van der Waals surface area contributed by atoms with E-state index in [9.17, 15) is 9.50 Å². The Morgan fingerprint density at radius 1 is 1.16 bits per heavy atom. The first-order chi connectivity index (χ1) is 9.20. The van der Waals surface area contributed by atoms with Gasteiger partial charge in [-0.2, -0.15) is 0 Å². The zero-order valence-electron chi connectivity index (χ0n) is 10.9. The summed E-state index contributed by atoms with van der Waals surface area (Å²) in [6.07, 6.45) is 0. The maximum atomic E-state index is 13.1. The first-order valence-electron chi connectivity index (χ1n) is 6.35. The van der Waals surface area contributed by atoms with Gasteiger partial charge < -0.3 is 10.4 Å². The van der Waals surface area contributed by atoms with Crippen LogP contribution in [-0.4, -0.2) is 11.7 Å². The van der Waals surface area contributed by atoms with Gasteiger partial charge in [-0.25, -0.2) is 4.39 Å². The summed E-state index contributed by atoms with van der Waals surface area (Å²) in [5.41, 5.74) is 2.93. The Balaban J connectivity index is 2.08. The second-order valence-corrected chi connectivity index (χ2v) is 4.60. The van der Waals surface area contributed by atoms with Crippen molar-refractivity contribution < 1.29 is 9.50 Å². The van der Waals surface area contributed by atoms with E-state index in [1.807, 2.05) is 37.3 Å². The molecule has 19 heavy (non-hydrogen) atoms. The minimum absolute atomic E-state index is 0.0146.